The average Bonchev–Trinajstić information content (AvgIpc) is 3.41. The van der Waals surface area contributed by atoms with Gasteiger partial charge >= 0.3 is 0 Å². The summed E-state index contributed by atoms with van der Waals surface area (Å²) in [5.41, 5.74) is 5.97. The molecule has 12 nitrogen and oxygen atoms in total. The lowest BCUT2D eigenvalue weighted by Crippen LogP contribution is -2.53. The maximum atomic E-state index is 12.8. The zero-order valence-corrected chi connectivity index (χ0v) is 16.0. The number of nitrogens with one attached hydrogen (secondary N) is 1. The second kappa shape index (κ2) is 8.01. The first-order valence-corrected chi connectivity index (χ1v) is 9.41. The molecule has 0 aliphatic carbocycles. The molecule has 12 heteroatoms. The maximum Gasteiger partial charge on any atom is 0.259 e. The normalized spacial score (nSPS) is 16.3. The van der Waals surface area contributed by atoms with Crippen LogP contribution in [0.4, 0.5) is 11.9 Å². The highest BCUT2D eigenvalue weighted by Gasteiger charge is 2.27. The van der Waals surface area contributed by atoms with Gasteiger partial charge in [0.1, 0.15) is 6.04 Å². The smallest absolute Gasteiger partial charge is 0.259 e. The second-order valence-electron chi connectivity index (χ2n) is 6.67. The minimum absolute atomic E-state index is 0.0449. The lowest BCUT2D eigenvalue weighted by atomic mass is 10.2. The van der Waals surface area contributed by atoms with Crippen LogP contribution in [0.3, 0.4) is 0 Å². The van der Waals surface area contributed by atoms with Crippen molar-refractivity contribution in [1.82, 2.24) is 34.4 Å². The fourth-order valence-electron chi connectivity index (χ4n) is 3.23. The number of rotatable bonds is 6. The number of anilines is 2. The highest BCUT2D eigenvalue weighted by molar-refractivity contribution is 5.84. The van der Waals surface area contributed by atoms with Crippen LogP contribution in [0.15, 0.2) is 22.8 Å². The van der Waals surface area contributed by atoms with Gasteiger partial charge in [-0.05, 0) is 18.7 Å². The summed E-state index contributed by atoms with van der Waals surface area (Å²) in [5, 5.41) is 16.8. The van der Waals surface area contributed by atoms with E-state index in [2.05, 4.69) is 37.2 Å². The van der Waals surface area contributed by atoms with Gasteiger partial charge in [-0.15, -0.1) is 5.10 Å². The number of carbonyl (C=O) groups is 1. The molecular formula is C17H23N9O3. The minimum atomic E-state index is -0.877. The third kappa shape index (κ3) is 3.84. The standard InChI is InChI=1S/C17H23N9O3/c1-2-24-5-7-25(8-6-24)14(28)11(10-27)19-16-21-15(18)26-17(22-16)20-13(23-26)12-4-3-9-29-12/h3-4,9,11,27H,2,5-8,10H2,1H3,(H3,18,19,20,21,22,23)/t11-/m0/s1. The maximum absolute atomic E-state index is 12.8. The Balaban J connectivity index is 1.52. The molecule has 3 aromatic rings. The van der Waals surface area contributed by atoms with Crippen LogP contribution >= 0.6 is 0 Å². The van der Waals surface area contributed by atoms with Crippen molar-refractivity contribution in [3.05, 3.63) is 18.4 Å². The number of nitrogens with two attached hydrogens (primary N) is 1. The number of aromatic nitrogens is 5. The molecule has 4 heterocycles. The van der Waals surface area contributed by atoms with E-state index >= 15 is 0 Å². The molecule has 0 saturated carbocycles. The van der Waals surface area contributed by atoms with Crippen molar-refractivity contribution in [2.75, 3.05) is 50.4 Å². The third-order valence-corrected chi connectivity index (χ3v) is 4.89. The van der Waals surface area contributed by atoms with E-state index in [1.165, 1.54) is 10.8 Å². The SMILES string of the molecule is CCN1CCN(C(=O)[C@H](CO)Nc2nc(N)n3nc(-c4ccco4)nc3n2)CC1. The quantitative estimate of drug-likeness (QED) is 0.483. The minimum Gasteiger partial charge on any atom is -0.461 e. The van der Waals surface area contributed by atoms with Crippen molar-refractivity contribution in [3.8, 4) is 11.6 Å². The van der Waals surface area contributed by atoms with Gasteiger partial charge in [0, 0.05) is 26.2 Å². The van der Waals surface area contributed by atoms with E-state index in [9.17, 15) is 9.90 Å². The summed E-state index contributed by atoms with van der Waals surface area (Å²) >= 11 is 0. The van der Waals surface area contributed by atoms with Crippen molar-refractivity contribution in [2.24, 2.45) is 0 Å². The van der Waals surface area contributed by atoms with Crippen LogP contribution in [0, 0.1) is 0 Å². The summed E-state index contributed by atoms with van der Waals surface area (Å²) in [4.78, 5) is 29.5. The molecule has 0 aromatic carbocycles. The van der Waals surface area contributed by atoms with Crippen LogP contribution in [0.1, 0.15) is 6.92 Å². The van der Waals surface area contributed by atoms with E-state index < -0.39 is 12.6 Å². The van der Waals surface area contributed by atoms with Gasteiger partial charge in [-0.2, -0.15) is 19.5 Å². The molecule has 1 aliphatic rings. The average molecular weight is 401 g/mol. The molecule has 0 radical (unpaired) electrons. The molecule has 1 fully saturated rings. The first-order valence-electron chi connectivity index (χ1n) is 9.41. The van der Waals surface area contributed by atoms with Crippen LogP contribution < -0.4 is 11.1 Å². The lowest BCUT2D eigenvalue weighted by molar-refractivity contribution is -0.134. The van der Waals surface area contributed by atoms with Gasteiger partial charge < -0.3 is 30.4 Å². The van der Waals surface area contributed by atoms with Crippen molar-refractivity contribution in [1.29, 1.82) is 0 Å². The number of nitrogen functional groups attached to an aromatic ring is 1. The van der Waals surface area contributed by atoms with Gasteiger partial charge in [0.25, 0.3) is 5.78 Å². The Morgan fingerprint density at radius 1 is 1.31 bits per heavy atom. The van der Waals surface area contributed by atoms with E-state index in [0.29, 0.717) is 24.7 Å². The Kier molecular flexibility index (Phi) is 5.27. The van der Waals surface area contributed by atoms with E-state index in [4.69, 9.17) is 10.2 Å². The zero-order valence-electron chi connectivity index (χ0n) is 16.0. The second-order valence-corrected chi connectivity index (χ2v) is 6.67. The van der Waals surface area contributed by atoms with E-state index in [-0.39, 0.29) is 23.6 Å². The number of amides is 1. The summed E-state index contributed by atoms with van der Waals surface area (Å²) < 4.78 is 6.57. The Morgan fingerprint density at radius 3 is 2.76 bits per heavy atom. The summed E-state index contributed by atoms with van der Waals surface area (Å²) in [6.45, 7) is 5.50. The highest BCUT2D eigenvalue weighted by Crippen LogP contribution is 2.18. The van der Waals surface area contributed by atoms with Gasteiger partial charge in [0.05, 0.1) is 12.9 Å². The van der Waals surface area contributed by atoms with E-state index in [1.807, 2.05) is 0 Å². The fourth-order valence-corrected chi connectivity index (χ4v) is 3.23. The number of nitrogens with zero attached hydrogens (tertiary/aromatic N) is 7. The predicted molar refractivity (Wildman–Crippen MR) is 104 cm³/mol. The number of fused-ring (bicyclic) bond motifs is 1. The van der Waals surface area contributed by atoms with Gasteiger partial charge in [0.2, 0.25) is 23.6 Å². The number of carbonyl (C=O) groups excluding carboxylic acids is 1. The first kappa shape index (κ1) is 19.1. The Labute approximate surface area is 166 Å². The first-order chi connectivity index (χ1) is 14.1. The van der Waals surface area contributed by atoms with Crippen LogP contribution in [0.2, 0.25) is 0 Å². The fraction of sp³-hybridized carbons (Fsp3) is 0.471. The predicted octanol–water partition coefficient (Wildman–Crippen LogP) is -0.702. The number of likely N-dealkylation sites (N-methyl/N-ethyl adjacent to an activating group) is 1. The molecule has 1 amide bonds. The molecule has 0 unspecified atom stereocenters. The van der Waals surface area contributed by atoms with Crippen molar-refractivity contribution >= 4 is 23.6 Å². The summed E-state index contributed by atoms with van der Waals surface area (Å²) in [6.07, 6.45) is 1.51. The molecule has 0 spiro atoms. The highest BCUT2D eigenvalue weighted by atomic mass is 16.3. The van der Waals surface area contributed by atoms with Crippen LogP contribution in [0.25, 0.3) is 17.4 Å². The summed E-state index contributed by atoms with van der Waals surface area (Å²) in [7, 11) is 0. The number of aliphatic hydroxyl groups excluding tert-OH is 1. The number of piperazine rings is 1. The molecule has 1 atom stereocenters. The summed E-state index contributed by atoms with van der Waals surface area (Å²) in [6, 6.07) is 2.56. The summed E-state index contributed by atoms with van der Waals surface area (Å²) in [5.74, 6) is 0.919. The molecule has 3 aromatic heterocycles. The Morgan fingerprint density at radius 2 is 2.10 bits per heavy atom. The Hall–Kier alpha value is -3.25. The molecule has 1 aliphatic heterocycles. The number of aliphatic hydroxyl groups is 1. The van der Waals surface area contributed by atoms with E-state index in [0.717, 1.165) is 19.6 Å². The van der Waals surface area contributed by atoms with Crippen LogP contribution in [-0.2, 0) is 4.79 Å². The molecule has 154 valence electrons. The van der Waals surface area contributed by atoms with Gasteiger partial charge in [0.15, 0.2) is 5.76 Å². The van der Waals surface area contributed by atoms with Gasteiger partial charge in [-0.25, -0.2) is 0 Å². The molecule has 4 N–H and O–H groups in total. The largest absolute Gasteiger partial charge is 0.461 e. The van der Waals surface area contributed by atoms with Crippen molar-refractivity contribution in [2.45, 2.75) is 13.0 Å². The molecule has 1 saturated heterocycles. The number of furan rings is 1. The van der Waals surface area contributed by atoms with Gasteiger partial charge in [-0.1, -0.05) is 6.92 Å². The molecule has 29 heavy (non-hydrogen) atoms. The zero-order chi connectivity index (χ0) is 20.4. The number of hydrogen-bond acceptors (Lipinski definition) is 10. The third-order valence-electron chi connectivity index (χ3n) is 4.89. The van der Waals surface area contributed by atoms with Gasteiger partial charge in [-0.3, -0.25) is 4.79 Å². The number of hydrogen-bond donors (Lipinski definition) is 3. The van der Waals surface area contributed by atoms with Crippen molar-refractivity contribution < 1.29 is 14.3 Å². The van der Waals surface area contributed by atoms with E-state index in [1.54, 1.807) is 17.0 Å². The van der Waals surface area contributed by atoms with Crippen LogP contribution in [-0.4, -0.2) is 90.8 Å². The molecule has 0 bridgehead atoms. The topological polar surface area (TPSA) is 151 Å². The molecule has 4 rings (SSSR count). The monoisotopic (exact) mass is 401 g/mol. The van der Waals surface area contributed by atoms with Crippen molar-refractivity contribution in [3.63, 3.8) is 0 Å². The molecular weight excluding hydrogens is 378 g/mol. The Bertz CT molecular complexity index is 980. The van der Waals surface area contributed by atoms with Crippen LogP contribution in [0.5, 0.6) is 0 Å². The lowest BCUT2D eigenvalue weighted by Gasteiger charge is -2.35.